The molecule has 0 amide bonds. The number of ether oxygens (including phenoxy) is 2. The summed E-state index contributed by atoms with van der Waals surface area (Å²) in [5.74, 6) is -0.129. The molecule has 0 unspecified atom stereocenters. The molecule has 0 fully saturated rings. The number of carbonyl (C=O) groups is 1. The Morgan fingerprint density at radius 2 is 1.75 bits per heavy atom. The van der Waals surface area contributed by atoms with Gasteiger partial charge in [-0.1, -0.05) is 12.1 Å². The maximum Gasteiger partial charge on any atom is 0.330 e. The average Bonchev–Trinajstić information content (AvgIpc) is 3.01. The number of hydrogen-bond donors (Lipinski definition) is 1. The summed E-state index contributed by atoms with van der Waals surface area (Å²) >= 11 is 0. The standard InChI is InChI=1S/C20H23N3O7S2/c1-14(21-19-17-6-4-5-7-18(17)31(25,26)22-19)20(24)30-13-12-29-15-8-10-16(11-9-15)32(27,28)23(2)3/h4-11,14H,12-13H2,1-3H3,(H,21,22)/t14-/m0/s1. The Morgan fingerprint density at radius 3 is 2.41 bits per heavy atom. The third-order valence-electron chi connectivity index (χ3n) is 4.53. The zero-order valence-corrected chi connectivity index (χ0v) is 19.3. The minimum atomic E-state index is -3.69. The van der Waals surface area contributed by atoms with Crippen LogP contribution in [0.2, 0.25) is 0 Å². The van der Waals surface area contributed by atoms with Crippen LogP contribution in [0.25, 0.3) is 0 Å². The number of aliphatic imine (C=N–C) groups is 1. The zero-order valence-electron chi connectivity index (χ0n) is 17.7. The summed E-state index contributed by atoms with van der Waals surface area (Å²) in [6, 6.07) is 11.3. The minimum absolute atomic E-state index is 0.0459. The Bertz CT molecular complexity index is 1240. The van der Waals surface area contributed by atoms with E-state index in [1.165, 1.54) is 51.4 Å². The Balaban J connectivity index is 1.52. The molecule has 12 heteroatoms. The van der Waals surface area contributed by atoms with Gasteiger partial charge in [0.25, 0.3) is 10.0 Å². The summed E-state index contributed by atoms with van der Waals surface area (Å²) < 4.78 is 62.4. The van der Waals surface area contributed by atoms with Crippen molar-refractivity contribution in [2.75, 3.05) is 27.3 Å². The van der Waals surface area contributed by atoms with Gasteiger partial charge >= 0.3 is 5.97 Å². The SMILES string of the molecule is C[C@H](N=C1NS(=O)(=O)c2ccccc21)C(=O)OCCOc1ccc(S(=O)(=O)N(C)C)cc1. The number of hydrogen-bond acceptors (Lipinski definition) is 8. The molecule has 1 aliphatic heterocycles. The average molecular weight is 482 g/mol. The van der Waals surface area contributed by atoms with Gasteiger partial charge in [-0.3, -0.25) is 9.71 Å². The quantitative estimate of drug-likeness (QED) is 0.439. The van der Waals surface area contributed by atoms with Crippen LogP contribution in [-0.4, -0.2) is 66.3 Å². The first-order valence-electron chi connectivity index (χ1n) is 9.54. The molecule has 172 valence electrons. The fraction of sp³-hybridized carbons (Fsp3) is 0.300. The Hall–Kier alpha value is -2.96. The molecule has 0 aliphatic carbocycles. The number of fused-ring (bicyclic) bond motifs is 1. The van der Waals surface area contributed by atoms with Gasteiger partial charge in [-0.05, 0) is 43.3 Å². The molecule has 1 atom stereocenters. The first kappa shape index (κ1) is 23.7. The molecule has 1 heterocycles. The third kappa shape index (κ3) is 5.09. The van der Waals surface area contributed by atoms with E-state index < -0.39 is 32.1 Å². The van der Waals surface area contributed by atoms with Crippen LogP contribution in [0.4, 0.5) is 0 Å². The molecule has 0 aromatic heterocycles. The van der Waals surface area contributed by atoms with Crippen molar-refractivity contribution in [3.8, 4) is 5.75 Å². The second kappa shape index (κ2) is 9.27. The lowest BCUT2D eigenvalue weighted by atomic mass is 10.2. The molecule has 2 aromatic carbocycles. The van der Waals surface area contributed by atoms with Crippen molar-refractivity contribution in [2.24, 2.45) is 4.99 Å². The highest BCUT2D eigenvalue weighted by molar-refractivity contribution is 7.90. The first-order chi connectivity index (χ1) is 15.0. The summed E-state index contributed by atoms with van der Waals surface area (Å²) in [6.45, 7) is 1.48. The van der Waals surface area contributed by atoms with Crippen LogP contribution >= 0.6 is 0 Å². The highest BCUT2D eigenvalue weighted by Crippen LogP contribution is 2.22. The van der Waals surface area contributed by atoms with Crippen molar-refractivity contribution in [1.82, 2.24) is 9.03 Å². The van der Waals surface area contributed by atoms with Gasteiger partial charge in [0.15, 0.2) is 0 Å². The molecule has 1 N–H and O–H groups in total. The van der Waals surface area contributed by atoms with Gasteiger partial charge in [0.1, 0.15) is 30.8 Å². The van der Waals surface area contributed by atoms with Crippen LogP contribution in [0, 0.1) is 0 Å². The number of amidine groups is 1. The monoisotopic (exact) mass is 481 g/mol. The number of rotatable bonds is 8. The lowest BCUT2D eigenvalue weighted by Gasteiger charge is -2.12. The van der Waals surface area contributed by atoms with E-state index in [2.05, 4.69) is 9.71 Å². The molecule has 0 saturated heterocycles. The molecule has 3 rings (SSSR count). The van der Waals surface area contributed by atoms with Crippen molar-refractivity contribution in [2.45, 2.75) is 22.8 Å². The van der Waals surface area contributed by atoms with Gasteiger partial charge in [0, 0.05) is 19.7 Å². The topological polar surface area (TPSA) is 131 Å². The molecule has 0 saturated carbocycles. The maximum atomic E-state index is 12.2. The second-order valence-corrected chi connectivity index (χ2v) is 10.8. The smallest absolute Gasteiger partial charge is 0.330 e. The molecular weight excluding hydrogens is 458 g/mol. The predicted octanol–water partition coefficient (Wildman–Crippen LogP) is 0.986. The van der Waals surface area contributed by atoms with Crippen LogP contribution in [0.3, 0.4) is 0 Å². The lowest BCUT2D eigenvalue weighted by molar-refractivity contribution is -0.145. The van der Waals surface area contributed by atoms with E-state index in [4.69, 9.17) is 9.47 Å². The van der Waals surface area contributed by atoms with Crippen LogP contribution < -0.4 is 9.46 Å². The molecule has 2 aromatic rings. The molecule has 1 aliphatic rings. The zero-order chi connectivity index (χ0) is 23.5. The van der Waals surface area contributed by atoms with E-state index >= 15 is 0 Å². The summed E-state index contributed by atoms with van der Waals surface area (Å²) in [6.07, 6.45) is 0. The molecule has 0 bridgehead atoms. The second-order valence-electron chi connectivity index (χ2n) is 7.03. The minimum Gasteiger partial charge on any atom is -0.490 e. The summed E-state index contributed by atoms with van der Waals surface area (Å²) in [7, 11) is -4.32. The predicted molar refractivity (Wildman–Crippen MR) is 117 cm³/mol. The van der Waals surface area contributed by atoms with E-state index in [1.54, 1.807) is 18.2 Å². The Labute approximate surface area is 187 Å². The van der Waals surface area contributed by atoms with E-state index in [1.807, 2.05) is 0 Å². The van der Waals surface area contributed by atoms with Gasteiger partial charge in [-0.25, -0.2) is 25.9 Å². The fourth-order valence-electron chi connectivity index (χ4n) is 2.82. The maximum absolute atomic E-state index is 12.2. The van der Waals surface area contributed by atoms with Crippen molar-refractivity contribution in [1.29, 1.82) is 0 Å². The highest BCUT2D eigenvalue weighted by atomic mass is 32.2. The van der Waals surface area contributed by atoms with Crippen molar-refractivity contribution >= 4 is 31.9 Å². The van der Waals surface area contributed by atoms with E-state index in [9.17, 15) is 21.6 Å². The van der Waals surface area contributed by atoms with Crippen molar-refractivity contribution < 1.29 is 31.1 Å². The lowest BCUT2D eigenvalue weighted by Crippen LogP contribution is -2.27. The summed E-state index contributed by atoms with van der Waals surface area (Å²) in [4.78, 5) is 16.6. The van der Waals surface area contributed by atoms with E-state index in [0.717, 1.165) is 4.31 Å². The molecule has 0 spiro atoms. The number of carbonyl (C=O) groups excluding carboxylic acids is 1. The van der Waals surface area contributed by atoms with Crippen LogP contribution in [0.1, 0.15) is 12.5 Å². The third-order valence-corrected chi connectivity index (χ3v) is 7.75. The van der Waals surface area contributed by atoms with E-state index in [0.29, 0.717) is 11.3 Å². The summed E-state index contributed by atoms with van der Waals surface area (Å²) in [5, 5.41) is 0. The molecule has 0 radical (unpaired) electrons. The van der Waals surface area contributed by atoms with Gasteiger partial charge < -0.3 is 9.47 Å². The van der Waals surface area contributed by atoms with Gasteiger partial charge in [-0.15, -0.1) is 0 Å². The van der Waals surface area contributed by atoms with Crippen molar-refractivity contribution in [3.63, 3.8) is 0 Å². The molecular formula is C20H23N3O7S2. The number of nitrogens with one attached hydrogen (secondary N) is 1. The number of esters is 1. The van der Waals surface area contributed by atoms with Gasteiger partial charge in [0.2, 0.25) is 10.0 Å². The van der Waals surface area contributed by atoms with Crippen LogP contribution in [-0.2, 0) is 29.6 Å². The van der Waals surface area contributed by atoms with Crippen molar-refractivity contribution in [3.05, 3.63) is 54.1 Å². The normalized spacial score (nSPS) is 16.9. The number of benzene rings is 2. The number of nitrogens with zero attached hydrogens (tertiary/aromatic N) is 2. The largest absolute Gasteiger partial charge is 0.490 e. The first-order valence-corrected chi connectivity index (χ1v) is 12.5. The summed E-state index contributed by atoms with van der Waals surface area (Å²) in [5.41, 5.74) is 0.398. The van der Waals surface area contributed by atoms with Crippen LogP contribution in [0.15, 0.2) is 63.3 Å². The molecule has 32 heavy (non-hydrogen) atoms. The highest BCUT2D eigenvalue weighted by Gasteiger charge is 2.31. The Kier molecular flexibility index (Phi) is 6.86. The fourth-order valence-corrected chi connectivity index (χ4v) is 4.96. The molecule has 10 nitrogen and oxygen atoms in total. The Morgan fingerprint density at radius 1 is 1.09 bits per heavy atom. The van der Waals surface area contributed by atoms with Gasteiger partial charge in [0.05, 0.1) is 9.79 Å². The van der Waals surface area contributed by atoms with Gasteiger partial charge in [-0.2, -0.15) is 0 Å². The number of sulfonamides is 2. The van der Waals surface area contributed by atoms with E-state index in [-0.39, 0.29) is 28.8 Å². The van der Waals surface area contributed by atoms with Crippen LogP contribution in [0.5, 0.6) is 5.75 Å².